The molecule has 1 heterocycles. The highest BCUT2D eigenvalue weighted by atomic mass is 16.2. The third kappa shape index (κ3) is 3.80. The number of aromatic nitrogens is 2. The molecule has 1 fully saturated rings. The summed E-state index contributed by atoms with van der Waals surface area (Å²) in [7, 11) is 0. The van der Waals surface area contributed by atoms with Crippen molar-refractivity contribution in [2.24, 2.45) is 0 Å². The summed E-state index contributed by atoms with van der Waals surface area (Å²) in [5.74, 6) is 0.539. The van der Waals surface area contributed by atoms with Crippen LogP contribution in [0.5, 0.6) is 0 Å². The number of nitrogens with zero attached hydrogens (tertiary/aromatic N) is 3. The van der Waals surface area contributed by atoms with Gasteiger partial charge >= 0.3 is 0 Å². The van der Waals surface area contributed by atoms with Crippen LogP contribution >= 0.6 is 0 Å². The summed E-state index contributed by atoms with van der Waals surface area (Å²) in [6.45, 7) is 3.47. The number of amides is 1. The van der Waals surface area contributed by atoms with Crippen molar-refractivity contribution in [1.82, 2.24) is 14.7 Å². The fourth-order valence-corrected chi connectivity index (χ4v) is 3.53. The fourth-order valence-electron chi connectivity index (χ4n) is 3.53. The van der Waals surface area contributed by atoms with Gasteiger partial charge in [-0.25, -0.2) is 4.68 Å². The Bertz CT molecular complexity index is 898. The summed E-state index contributed by atoms with van der Waals surface area (Å²) < 4.78 is 1.95. The van der Waals surface area contributed by atoms with Crippen molar-refractivity contribution in [3.8, 4) is 5.69 Å². The van der Waals surface area contributed by atoms with Gasteiger partial charge in [-0.15, -0.1) is 0 Å². The van der Waals surface area contributed by atoms with Crippen LogP contribution in [-0.2, 0) is 6.42 Å². The summed E-state index contributed by atoms with van der Waals surface area (Å²) >= 11 is 0. The van der Waals surface area contributed by atoms with Crippen LogP contribution in [0, 0.1) is 0 Å². The van der Waals surface area contributed by atoms with Gasteiger partial charge in [0.1, 0.15) is 0 Å². The van der Waals surface area contributed by atoms with Crippen LogP contribution in [0.25, 0.3) is 5.69 Å². The molecule has 0 N–H and O–H groups in total. The van der Waals surface area contributed by atoms with Gasteiger partial charge in [-0.3, -0.25) is 4.79 Å². The molecule has 4 heteroatoms. The lowest BCUT2D eigenvalue weighted by molar-refractivity contribution is 0.0765. The van der Waals surface area contributed by atoms with Gasteiger partial charge < -0.3 is 4.90 Å². The second kappa shape index (κ2) is 7.78. The predicted molar refractivity (Wildman–Crippen MR) is 107 cm³/mol. The molecule has 0 saturated heterocycles. The number of likely N-dealkylation sites (N-methyl/N-ethyl adjacent to an activating group) is 1. The number of carbonyl (C=O) groups is 1. The van der Waals surface area contributed by atoms with Gasteiger partial charge in [0.05, 0.1) is 23.1 Å². The van der Waals surface area contributed by atoms with Crippen LogP contribution < -0.4 is 0 Å². The predicted octanol–water partition coefficient (Wildman–Crippen LogP) is 4.45. The van der Waals surface area contributed by atoms with Crippen LogP contribution in [0.4, 0.5) is 0 Å². The lowest BCUT2D eigenvalue weighted by atomic mass is 10.1. The number of para-hydroxylation sites is 1. The highest BCUT2D eigenvalue weighted by Gasteiger charge is 2.33. The van der Waals surface area contributed by atoms with Crippen molar-refractivity contribution in [3.05, 3.63) is 83.7 Å². The van der Waals surface area contributed by atoms with Crippen molar-refractivity contribution in [1.29, 1.82) is 0 Å². The van der Waals surface area contributed by atoms with Crippen molar-refractivity contribution in [2.75, 3.05) is 13.1 Å². The molecule has 2 aromatic carbocycles. The molecule has 0 aliphatic heterocycles. The first-order valence-electron chi connectivity index (χ1n) is 9.74. The molecule has 1 aliphatic rings. The van der Waals surface area contributed by atoms with E-state index in [4.69, 9.17) is 0 Å². The molecule has 4 rings (SSSR count). The molecule has 1 amide bonds. The largest absolute Gasteiger partial charge is 0.338 e. The van der Waals surface area contributed by atoms with Crippen molar-refractivity contribution in [2.45, 2.75) is 32.1 Å². The first-order chi connectivity index (χ1) is 13.3. The topological polar surface area (TPSA) is 38.1 Å². The van der Waals surface area contributed by atoms with Crippen molar-refractivity contribution < 1.29 is 4.79 Å². The minimum Gasteiger partial charge on any atom is -0.338 e. The van der Waals surface area contributed by atoms with Gasteiger partial charge in [-0.05, 0) is 43.9 Å². The van der Waals surface area contributed by atoms with E-state index in [-0.39, 0.29) is 5.91 Å². The quantitative estimate of drug-likeness (QED) is 0.625. The molecule has 0 unspecified atom stereocenters. The summed E-state index contributed by atoms with van der Waals surface area (Å²) in [5, 5.41) is 4.57. The Morgan fingerprint density at radius 2 is 1.74 bits per heavy atom. The number of rotatable bonds is 7. The SMILES string of the molecule is CCN(CCc1ccccc1)C(=O)c1cnn(-c2ccccc2)c1C1CC1. The minimum atomic E-state index is 0.0949. The number of hydrogen-bond donors (Lipinski definition) is 0. The second-order valence-corrected chi connectivity index (χ2v) is 7.09. The molecule has 1 aliphatic carbocycles. The normalized spacial score (nSPS) is 13.5. The smallest absolute Gasteiger partial charge is 0.257 e. The monoisotopic (exact) mass is 359 g/mol. The molecule has 0 bridgehead atoms. The van der Waals surface area contributed by atoms with Gasteiger partial charge in [0, 0.05) is 19.0 Å². The van der Waals surface area contributed by atoms with E-state index in [0.29, 0.717) is 12.5 Å². The van der Waals surface area contributed by atoms with Gasteiger partial charge in [0.25, 0.3) is 5.91 Å². The Kier molecular flexibility index (Phi) is 5.05. The van der Waals surface area contributed by atoms with E-state index in [2.05, 4.69) is 17.2 Å². The Morgan fingerprint density at radius 3 is 2.37 bits per heavy atom. The summed E-state index contributed by atoms with van der Waals surface area (Å²) in [5.41, 5.74) is 4.11. The average molecular weight is 359 g/mol. The molecular formula is C23H25N3O. The van der Waals surface area contributed by atoms with Gasteiger partial charge in [-0.1, -0.05) is 48.5 Å². The summed E-state index contributed by atoms with van der Waals surface area (Å²) in [4.78, 5) is 15.2. The van der Waals surface area contributed by atoms with E-state index in [1.807, 2.05) is 65.0 Å². The molecule has 0 atom stereocenters. The van der Waals surface area contributed by atoms with Crippen molar-refractivity contribution in [3.63, 3.8) is 0 Å². The first-order valence-corrected chi connectivity index (χ1v) is 9.74. The maximum atomic E-state index is 13.3. The highest BCUT2D eigenvalue weighted by molar-refractivity contribution is 5.95. The maximum absolute atomic E-state index is 13.3. The Hall–Kier alpha value is -2.88. The molecule has 4 nitrogen and oxygen atoms in total. The standard InChI is InChI=1S/C23H25N3O/c1-2-25(16-15-18-9-5-3-6-10-18)23(27)21-17-24-26(22(21)19-13-14-19)20-11-7-4-8-12-20/h3-12,17,19H,2,13-16H2,1H3. The summed E-state index contributed by atoms with van der Waals surface area (Å²) in [6, 6.07) is 20.4. The van der Waals surface area contributed by atoms with Gasteiger partial charge in [0.15, 0.2) is 0 Å². The zero-order valence-corrected chi connectivity index (χ0v) is 15.7. The third-order valence-corrected chi connectivity index (χ3v) is 5.18. The number of benzene rings is 2. The van der Waals surface area contributed by atoms with E-state index in [1.165, 1.54) is 5.56 Å². The third-order valence-electron chi connectivity index (χ3n) is 5.18. The summed E-state index contributed by atoms with van der Waals surface area (Å²) in [6.07, 6.45) is 4.89. The lowest BCUT2D eigenvalue weighted by Gasteiger charge is -2.21. The maximum Gasteiger partial charge on any atom is 0.257 e. The van der Waals surface area contributed by atoms with Crippen LogP contribution in [0.1, 0.15) is 47.3 Å². The van der Waals surface area contributed by atoms with E-state index in [1.54, 1.807) is 6.20 Å². The van der Waals surface area contributed by atoms with E-state index in [0.717, 1.165) is 42.8 Å². The van der Waals surface area contributed by atoms with Crippen molar-refractivity contribution >= 4 is 5.91 Å². The zero-order valence-electron chi connectivity index (χ0n) is 15.7. The fraction of sp³-hybridized carbons (Fsp3) is 0.304. The molecule has 3 aromatic rings. The first kappa shape index (κ1) is 17.5. The Balaban J connectivity index is 1.58. The molecule has 0 radical (unpaired) electrons. The minimum absolute atomic E-state index is 0.0949. The van der Waals surface area contributed by atoms with Crippen LogP contribution in [-0.4, -0.2) is 33.7 Å². The Labute approximate surface area is 160 Å². The Morgan fingerprint density at radius 1 is 1.07 bits per heavy atom. The second-order valence-electron chi connectivity index (χ2n) is 7.09. The molecule has 27 heavy (non-hydrogen) atoms. The lowest BCUT2D eigenvalue weighted by Crippen LogP contribution is -2.33. The number of hydrogen-bond acceptors (Lipinski definition) is 2. The van der Waals surface area contributed by atoms with Crippen LogP contribution in [0.3, 0.4) is 0 Å². The van der Waals surface area contributed by atoms with Crippen LogP contribution in [0.2, 0.25) is 0 Å². The molecule has 0 spiro atoms. The molecule has 1 aromatic heterocycles. The highest BCUT2D eigenvalue weighted by Crippen LogP contribution is 2.42. The average Bonchev–Trinajstić information content (AvgIpc) is 3.47. The molecule has 138 valence electrons. The number of carbonyl (C=O) groups excluding carboxylic acids is 1. The van der Waals surface area contributed by atoms with E-state index < -0.39 is 0 Å². The zero-order chi connectivity index (χ0) is 18.6. The molecular weight excluding hydrogens is 334 g/mol. The van der Waals surface area contributed by atoms with Gasteiger partial charge in [0.2, 0.25) is 0 Å². The molecule has 1 saturated carbocycles. The van der Waals surface area contributed by atoms with E-state index in [9.17, 15) is 4.79 Å². The van der Waals surface area contributed by atoms with E-state index >= 15 is 0 Å². The van der Waals surface area contributed by atoms with Gasteiger partial charge in [-0.2, -0.15) is 5.10 Å². The van der Waals surface area contributed by atoms with Crippen LogP contribution in [0.15, 0.2) is 66.9 Å².